The van der Waals surface area contributed by atoms with Crippen LogP contribution in [0.15, 0.2) is 55.1 Å². The number of aryl methyl sites for hydroxylation is 2. The van der Waals surface area contributed by atoms with Crippen LogP contribution < -0.4 is 0 Å². The van der Waals surface area contributed by atoms with E-state index in [0.717, 1.165) is 11.4 Å². The van der Waals surface area contributed by atoms with Crippen molar-refractivity contribution in [1.82, 2.24) is 0 Å². The minimum atomic E-state index is 0.356. The highest BCUT2D eigenvalue weighted by atomic mass is 35.5. The number of hydrogen-bond donors (Lipinski definition) is 0. The van der Waals surface area contributed by atoms with E-state index in [1.165, 1.54) is 22.3 Å². The lowest BCUT2D eigenvalue weighted by atomic mass is 9.85. The Morgan fingerprint density at radius 1 is 1.11 bits per heavy atom. The standard InChI is InChI=1S/C18H19Cl/c1-4-5-17(15-8-10-16(19)11-9-15)18-12-13(2)6-7-14(18)3/h4,6-12,17H,1,5H2,2-3H3. The molecular weight excluding hydrogens is 252 g/mol. The molecule has 0 aliphatic carbocycles. The molecule has 1 heteroatoms. The average Bonchev–Trinajstić information content (AvgIpc) is 2.40. The Hall–Kier alpha value is -1.53. The summed E-state index contributed by atoms with van der Waals surface area (Å²) in [5, 5.41) is 0.780. The van der Waals surface area contributed by atoms with Gasteiger partial charge in [-0.3, -0.25) is 0 Å². The van der Waals surface area contributed by atoms with Gasteiger partial charge in [0.15, 0.2) is 0 Å². The van der Waals surface area contributed by atoms with Gasteiger partial charge in [-0.1, -0.05) is 53.6 Å². The molecule has 0 radical (unpaired) electrons. The summed E-state index contributed by atoms with van der Waals surface area (Å²) in [6.45, 7) is 8.20. The molecule has 2 rings (SSSR count). The van der Waals surface area contributed by atoms with Crippen molar-refractivity contribution in [3.63, 3.8) is 0 Å². The number of allylic oxidation sites excluding steroid dienone is 1. The quantitative estimate of drug-likeness (QED) is 0.629. The number of benzene rings is 2. The number of hydrogen-bond acceptors (Lipinski definition) is 0. The molecule has 0 saturated heterocycles. The average molecular weight is 271 g/mol. The minimum absolute atomic E-state index is 0.356. The fourth-order valence-electron chi connectivity index (χ4n) is 2.44. The molecule has 0 bridgehead atoms. The zero-order valence-corrected chi connectivity index (χ0v) is 12.2. The van der Waals surface area contributed by atoms with E-state index in [1.807, 2.05) is 18.2 Å². The molecule has 2 aromatic carbocycles. The molecule has 0 N–H and O–H groups in total. The number of rotatable bonds is 4. The molecule has 0 aliphatic heterocycles. The summed E-state index contributed by atoms with van der Waals surface area (Å²) in [6.07, 6.45) is 2.92. The highest BCUT2D eigenvalue weighted by Crippen LogP contribution is 2.31. The van der Waals surface area contributed by atoms with Crippen molar-refractivity contribution < 1.29 is 0 Å². The van der Waals surface area contributed by atoms with Gasteiger partial charge in [-0.15, -0.1) is 6.58 Å². The summed E-state index contributed by atoms with van der Waals surface area (Å²) >= 11 is 5.98. The molecule has 0 aliphatic rings. The maximum atomic E-state index is 5.98. The second-order valence-electron chi connectivity index (χ2n) is 4.99. The van der Waals surface area contributed by atoms with Crippen LogP contribution in [0.5, 0.6) is 0 Å². The van der Waals surface area contributed by atoms with Crippen LogP contribution in [0.3, 0.4) is 0 Å². The molecule has 0 fully saturated rings. The van der Waals surface area contributed by atoms with Gasteiger partial charge in [-0.25, -0.2) is 0 Å². The highest BCUT2D eigenvalue weighted by Gasteiger charge is 2.15. The summed E-state index contributed by atoms with van der Waals surface area (Å²) in [5.74, 6) is 0.356. The lowest BCUT2D eigenvalue weighted by Crippen LogP contribution is -2.03. The summed E-state index contributed by atoms with van der Waals surface area (Å²) in [4.78, 5) is 0. The van der Waals surface area contributed by atoms with E-state index in [-0.39, 0.29) is 0 Å². The van der Waals surface area contributed by atoms with Gasteiger partial charge in [0.2, 0.25) is 0 Å². The smallest absolute Gasteiger partial charge is 0.0406 e. The first-order chi connectivity index (χ1) is 9.11. The topological polar surface area (TPSA) is 0 Å². The third-order valence-electron chi connectivity index (χ3n) is 3.48. The van der Waals surface area contributed by atoms with Crippen molar-refractivity contribution in [2.24, 2.45) is 0 Å². The van der Waals surface area contributed by atoms with Crippen molar-refractivity contribution in [2.75, 3.05) is 0 Å². The molecule has 1 atom stereocenters. The van der Waals surface area contributed by atoms with E-state index < -0.39 is 0 Å². The molecular formula is C18H19Cl. The van der Waals surface area contributed by atoms with E-state index >= 15 is 0 Å². The van der Waals surface area contributed by atoms with E-state index in [1.54, 1.807) is 0 Å². The van der Waals surface area contributed by atoms with Crippen LogP contribution in [0.1, 0.15) is 34.6 Å². The van der Waals surface area contributed by atoms with Crippen LogP contribution in [0.4, 0.5) is 0 Å². The van der Waals surface area contributed by atoms with Gasteiger partial charge in [0, 0.05) is 10.9 Å². The van der Waals surface area contributed by atoms with E-state index in [0.29, 0.717) is 5.92 Å². The van der Waals surface area contributed by atoms with Gasteiger partial charge in [-0.05, 0) is 49.1 Å². The van der Waals surface area contributed by atoms with Crippen molar-refractivity contribution in [1.29, 1.82) is 0 Å². The molecule has 0 saturated carbocycles. The Morgan fingerprint density at radius 2 is 1.79 bits per heavy atom. The zero-order chi connectivity index (χ0) is 13.8. The van der Waals surface area contributed by atoms with Crippen molar-refractivity contribution in [3.8, 4) is 0 Å². The van der Waals surface area contributed by atoms with Crippen LogP contribution in [0.2, 0.25) is 5.02 Å². The van der Waals surface area contributed by atoms with Crippen LogP contribution >= 0.6 is 11.6 Å². The lowest BCUT2D eigenvalue weighted by molar-refractivity contribution is 0.821. The van der Waals surface area contributed by atoms with Crippen LogP contribution in [-0.2, 0) is 0 Å². The normalized spacial score (nSPS) is 12.2. The maximum Gasteiger partial charge on any atom is 0.0406 e. The Kier molecular flexibility index (Phi) is 4.44. The lowest BCUT2D eigenvalue weighted by Gasteiger charge is -2.19. The zero-order valence-electron chi connectivity index (χ0n) is 11.5. The van der Waals surface area contributed by atoms with Gasteiger partial charge >= 0.3 is 0 Å². The molecule has 19 heavy (non-hydrogen) atoms. The Balaban J connectivity index is 2.47. The predicted octanol–water partition coefficient (Wildman–Crippen LogP) is 5.66. The SMILES string of the molecule is C=CCC(c1ccc(Cl)cc1)c1cc(C)ccc1C. The molecule has 0 spiro atoms. The van der Waals surface area contributed by atoms with Gasteiger partial charge < -0.3 is 0 Å². The Labute approximate surface area is 120 Å². The fraction of sp³-hybridized carbons (Fsp3) is 0.222. The van der Waals surface area contributed by atoms with Crippen LogP contribution in [0.25, 0.3) is 0 Å². The van der Waals surface area contributed by atoms with Crippen molar-refractivity contribution >= 4 is 11.6 Å². The van der Waals surface area contributed by atoms with Gasteiger partial charge in [-0.2, -0.15) is 0 Å². The largest absolute Gasteiger partial charge is 0.103 e. The third-order valence-corrected chi connectivity index (χ3v) is 3.74. The van der Waals surface area contributed by atoms with E-state index in [9.17, 15) is 0 Å². The van der Waals surface area contributed by atoms with Crippen molar-refractivity contribution in [3.05, 3.63) is 82.4 Å². The molecule has 98 valence electrons. The van der Waals surface area contributed by atoms with E-state index in [4.69, 9.17) is 11.6 Å². The summed E-state index contributed by atoms with van der Waals surface area (Å²) < 4.78 is 0. The summed E-state index contributed by atoms with van der Waals surface area (Å²) in [6, 6.07) is 14.8. The molecule has 1 unspecified atom stereocenters. The first-order valence-corrected chi connectivity index (χ1v) is 6.93. The van der Waals surface area contributed by atoms with Crippen LogP contribution in [-0.4, -0.2) is 0 Å². The molecule has 0 amide bonds. The molecule has 0 aromatic heterocycles. The Bertz CT molecular complexity index is 567. The van der Waals surface area contributed by atoms with Crippen molar-refractivity contribution in [2.45, 2.75) is 26.2 Å². The molecule has 0 heterocycles. The minimum Gasteiger partial charge on any atom is -0.103 e. The third kappa shape index (κ3) is 3.27. The molecule has 2 aromatic rings. The Morgan fingerprint density at radius 3 is 2.42 bits per heavy atom. The fourth-order valence-corrected chi connectivity index (χ4v) is 2.57. The second kappa shape index (κ2) is 6.08. The summed E-state index contributed by atoms with van der Waals surface area (Å²) in [7, 11) is 0. The second-order valence-corrected chi connectivity index (χ2v) is 5.42. The summed E-state index contributed by atoms with van der Waals surface area (Å²) in [5.41, 5.74) is 5.29. The number of halogens is 1. The van der Waals surface area contributed by atoms with E-state index in [2.05, 4.69) is 50.8 Å². The van der Waals surface area contributed by atoms with Gasteiger partial charge in [0.05, 0.1) is 0 Å². The maximum absolute atomic E-state index is 5.98. The molecule has 0 nitrogen and oxygen atoms in total. The van der Waals surface area contributed by atoms with Gasteiger partial charge in [0.1, 0.15) is 0 Å². The first-order valence-electron chi connectivity index (χ1n) is 6.55. The van der Waals surface area contributed by atoms with Crippen LogP contribution in [0, 0.1) is 13.8 Å². The first kappa shape index (κ1) is 13.9. The van der Waals surface area contributed by atoms with Gasteiger partial charge in [0.25, 0.3) is 0 Å². The predicted molar refractivity (Wildman–Crippen MR) is 84.0 cm³/mol. The monoisotopic (exact) mass is 270 g/mol. The highest BCUT2D eigenvalue weighted by molar-refractivity contribution is 6.30.